The molecule has 20 heavy (non-hydrogen) atoms. The average Bonchev–Trinajstić information content (AvgIpc) is 2.47. The van der Waals surface area contributed by atoms with Gasteiger partial charge in [0.25, 0.3) is 0 Å². The molecule has 3 nitrogen and oxygen atoms in total. The number of halogens is 1. The van der Waals surface area contributed by atoms with Crippen LogP contribution in [0, 0.1) is 3.57 Å². The van der Waals surface area contributed by atoms with Crippen LogP contribution in [0.25, 0.3) is 0 Å². The van der Waals surface area contributed by atoms with Gasteiger partial charge in [-0.1, -0.05) is 0 Å². The number of rotatable bonds is 5. The van der Waals surface area contributed by atoms with Crippen LogP contribution in [0.4, 0.5) is 0 Å². The van der Waals surface area contributed by atoms with Crippen molar-refractivity contribution >= 4 is 28.4 Å². The zero-order valence-corrected chi connectivity index (χ0v) is 13.5. The highest BCUT2D eigenvalue weighted by molar-refractivity contribution is 14.1. The third kappa shape index (κ3) is 3.30. The van der Waals surface area contributed by atoms with Gasteiger partial charge in [0.2, 0.25) is 0 Å². The number of ketones is 1. The Morgan fingerprint density at radius 3 is 2.45 bits per heavy atom. The minimum atomic E-state index is -0.0524. The monoisotopic (exact) mass is 382 g/mol. The predicted octanol–water partition coefficient (Wildman–Crippen LogP) is 3.93. The van der Waals surface area contributed by atoms with Crippen LogP contribution >= 0.6 is 22.6 Å². The quantitative estimate of drug-likeness (QED) is 0.581. The molecule has 0 heterocycles. The molecule has 0 saturated heterocycles. The van der Waals surface area contributed by atoms with Crippen molar-refractivity contribution in [1.29, 1.82) is 0 Å². The van der Waals surface area contributed by atoms with E-state index >= 15 is 0 Å². The maximum absolute atomic E-state index is 12.5. The fourth-order valence-corrected chi connectivity index (χ4v) is 2.37. The van der Waals surface area contributed by atoms with E-state index in [4.69, 9.17) is 9.47 Å². The molecule has 0 radical (unpaired) electrons. The van der Waals surface area contributed by atoms with E-state index in [-0.39, 0.29) is 5.78 Å². The van der Waals surface area contributed by atoms with Crippen molar-refractivity contribution in [2.45, 2.75) is 6.92 Å². The normalized spacial score (nSPS) is 10.2. The lowest BCUT2D eigenvalue weighted by Crippen LogP contribution is -2.04. The SMILES string of the molecule is CCOc1ccc(C(=O)c2cc(I)ccc2OC)cc1. The molecule has 0 aliphatic carbocycles. The number of hydrogen-bond donors (Lipinski definition) is 0. The number of ether oxygens (including phenoxy) is 2. The Labute approximate surface area is 132 Å². The van der Waals surface area contributed by atoms with Crippen molar-refractivity contribution in [3.8, 4) is 11.5 Å². The van der Waals surface area contributed by atoms with E-state index in [9.17, 15) is 4.79 Å². The molecule has 0 amide bonds. The Morgan fingerprint density at radius 1 is 1.15 bits per heavy atom. The molecule has 0 aliphatic heterocycles. The summed E-state index contributed by atoms with van der Waals surface area (Å²) in [5.74, 6) is 1.30. The molecule has 0 spiro atoms. The zero-order chi connectivity index (χ0) is 14.5. The summed E-state index contributed by atoms with van der Waals surface area (Å²) in [4.78, 5) is 12.5. The number of benzene rings is 2. The molecule has 0 fully saturated rings. The van der Waals surface area contributed by atoms with E-state index in [1.807, 2.05) is 25.1 Å². The minimum Gasteiger partial charge on any atom is -0.496 e. The lowest BCUT2D eigenvalue weighted by molar-refractivity contribution is 0.103. The molecule has 2 aromatic rings. The zero-order valence-electron chi connectivity index (χ0n) is 11.4. The molecular weight excluding hydrogens is 367 g/mol. The summed E-state index contributed by atoms with van der Waals surface area (Å²) in [5.41, 5.74) is 1.19. The topological polar surface area (TPSA) is 35.5 Å². The van der Waals surface area contributed by atoms with Crippen LogP contribution in [0.15, 0.2) is 42.5 Å². The van der Waals surface area contributed by atoms with E-state index < -0.39 is 0 Å². The first kappa shape index (κ1) is 14.8. The van der Waals surface area contributed by atoms with Gasteiger partial charge in [0.1, 0.15) is 11.5 Å². The van der Waals surface area contributed by atoms with Gasteiger partial charge in [-0.2, -0.15) is 0 Å². The second kappa shape index (κ2) is 6.74. The molecule has 0 aliphatic rings. The van der Waals surface area contributed by atoms with Crippen LogP contribution in [0.5, 0.6) is 11.5 Å². The first-order chi connectivity index (χ1) is 9.65. The first-order valence-electron chi connectivity index (χ1n) is 6.26. The highest BCUT2D eigenvalue weighted by Gasteiger charge is 2.15. The molecule has 0 bridgehead atoms. The molecule has 0 saturated carbocycles. The molecule has 2 rings (SSSR count). The Balaban J connectivity index is 2.33. The van der Waals surface area contributed by atoms with Crippen LogP contribution in [0.1, 0.15) is 22.8 Å². The van der Waals surface area contributed by atoms with Crippen molar-refractivity contribution in [1.82, 2.24) is 0 Å². The van der Waals surface area contributed by atoms with Gasteiger partial charge in [0, 0.05) is 9.13 Å². The second-order valence-electron chi connectivity index (χ2n) is 4.13. The van der Waals surface area contributed by atoms with Gasteiger partial charge < -0.3 is 9.47 Å². The van der Waals surface area contributed by atoms with E-state index in [0.29, 0.717) is 23.5 Å². The lowest BCUT2D eigenvalue weighted by Gasteiger charge is -2.09. The van der Waals surface area contributed by atoms with Crippen molar-refractivity contribution in [2.75, 3.05) is 13.7 Å². The van der Waals surface area contributed by atoms with Gasteiger partial charge in [0.05, 0.1) is 19.3 Å². The number of methoxy groups -OCH3 is 1. The van der Waals surface area contributed by atoms with Crippen LogP contribution in [0.3, 0.4) is 0 Å². The average molecular weight is 382 g/mol. The molecule has 0 N–H and O–H groups in total. The van der Waals surface area contributed by atoms with E-state index in [1.165, 1.54) is 0 Å². The number of carbonyl (C=O) groups is 1. The van der Waals surface area contributed by atoms with Crippen molar-refractivity contribution in [2.24, 2.45) is 0 Å². The van der Waals surface area contributed by atoms with E-state index in [2.05, 4.69) is 22.6 Å². The second-order valence-corrected chi connectivity index (χ2v) is 5.38. The highest BCUT2D eigenvalue weighted by atomic mass is 127. The summed E-state index contributed by atoms with van der Waals surface area (Å²) in [6.45, 7) is 2.54. The van der Waals surface area contributed by atoms with Gasteiger partial charge in [-0.15, -0.1) is 0 Å². The van der Waals surface area contributed by atoms with E-state index in [0.717, 1.165) is 9.32 Å². The Kier molecular flexibility index (Phi) is 5.00. The van der Waals surface area contributed by atoms with Gasteiger partial charge in [-0.25, -0.2) is 0 Å². The largest absolute Gasteiger partial charge is 0.496 e. The maximum Gasteiger partial charge on any atom is 0.196 e. The number of carbonyl (C=O) groups excluding carboxylic acids is 1. The van der Waals surface area contributed by atoms with Crippen LogP contribution in [-0.4, -0.2) is 19.5 Å². The Hall–Kier alpha value is -1.56. The third-order valence-corrected chi connectivity index (χ3v) is 3.50. The van der Waals surface area contributed by atoms with Crippen molar-refractivity contribution in [3.63, 3.8) is 0 Å². The third-order valence-electron chi connectivity index (χ3n) is 2.83. The van der Waals surface area contributed by atoms with Gasteiger partial charge >= 0.3 is 0 Å². The molecule has 0 unspecified atom stereocenters. The summed E-state index contributed by atoms with van der Waals surface area (Å²) in [5, 5.41) is 0. The van der Waals surface area contributed by atoms with Gasteiger partial charge in [-0.3, -0.25) is 4.79 Å². The van der Waals surface area contributed by atoms with Crippen LogP contribution in [0.2, 0.25) is 0 Å². The smallest absolute Gasteiger partial charge is 0.196 e. The van der Waals surface area contributed by atoms with Gasteiger partial charge in [-0.05, 0) is 72.0 Å². The highest BCUT2D eigenvalue weighted by Crippen LogP contribution is 2.24. The first-order valence-corrected chi connectivity index (χ1v) is 7.34. The fourth-order valence-electron chi connectivity index (χ4n) is 1.88. The van der Waals surface area contributed by atoms with Crippen LogP contribution < -0.4 is 9.47 Å². The summed E-state index contributed by atoms with van der Waals surface area (Å²) in [7, 11) is 1.57. The minimum absolute atomic E-state index is 0.0524. The molecule has 104 valence electrons. The molecule has 2 aromatic carbocycles. The van der Waals surface area contributed by atoms with Gasteiger partial charge in [0.15, 0.2) is 5.78 Å². The Bertz CT molecular complexity index is 606. The maximum atomic E-state index is 12.5. The lowest BCUT2D eigenvalue weighted by atomic mass is 10.0. The molecular formula is C16H15IO3. The molecule has 0 atom stereocenters. The van der Waals surface area contributed by atoms with E-state index in [1.54, 1.807) is 31.4 Å². The summed E-state index contributed by atoms with van der Waals surface area (Å²) >= 11 is 2.18. The van der Waals surface area contributed by atoms with Crippen LogP contribution in [-0.2, 0) is 0 Å². The summed E-state index contributed by atoms with van der Waals surface area (Å²) in [6, 6.07) is 12.7. The fraction of sp³-hybridized carbons (Fsp3) is 0.188. The predicted molar refractivity (Wildman–Crippen MR) is 86.8 cm³/mol. The Morgan fingerprint density at radius 2 is 1.85 bits per heavy atom. The van der Waals surface area contributed by atoms with Crippen molar-refractivity contribution < 1.29 is 14.3 Å². The summed E-state index contributed by atoms with van der Waals surface area (Å²) < 4.78 is 11.6. The molecule has 4 heteroatoms. The van der Waals surface area contributed by atoms with Crippen molar-refractivity contribution in [3.05, 3.63) is 57.2 Å². The molecule has 0 aromatic heterocycles. The standard InChI is InChI=1S/C16H15IO3/c1-3-20-13-7-4-11(5-8-13)16(18)14-10-12(17)6-9-15(14)19-2/h4-10H,3H2,1-2H3. The summed E-state index contributed by atoms with van der Waals surface area (Å²) in [6.07, 6.45) is 0. The number of hydrogen-bond acceptors (Lipinski definition) is 3.